The Labute approximate surface area is 229 Å². The lowest BCUT2D eigenvalue weighted by molar-refractivity contribution is 0.0143. The molecule has 198 valence electrons. The van der Waals surface area contributed by atoms with E-state index in [4.69, 9.17) is 38.4 Å². The number of halogens is 2. The zero-order valence-electron chi connectivity index (χ0n) is 20.7. The summed E-state index contributed by atoms with van der Waals surface area (Å²) in [5.41, 5.74) is 7.89. The second kappa shape index (κ2) is 10.7. The molecule has 3 heterocycles. The lowest BCUT2D eigenvalue weighted by atomic mass is 10.0. The van der Waals surface area contributed by atoms with Gasteiger partial charge >= 0.3 is 0 Å². The Morgan fingerprint density at radius 3 is 2.79 bits per heavy atom. The molecule has 9 nitrogen and oxygen atoms in total. The minimum absolute atomic E-state index is 0.0587. The zero-order chi connectivity index (χ0) is 27.0. The van der Waals surface area contributed by atoms with E-state index in [1.165, 1.54) is 6.08 Å². The molecule has 2 aromatic carbocycles. The van der Waals surface area contributed by atoms with Crippen LogP contribution in [0.25, 0.3) is 22.0 Å². The number of ether oxygens (including phenoxy) is 2. The Morgan fingerprint density at radius 1 is 1.24 bits per heavy atom. The average molecular weight is 556 g/mol. The molecule has 1 fully saturated rings. The number of rotatable bonds is 7. The predicted molar refractivity (Wildman–Crippen MR) is 149 cm³/mol. The lowest BCUT2D eigenvalue weighted by Crippen LogP contribution is -2.42. The molecule has 0 amide bonds. The van der Waals surface area contributed by atoms with Crippen molar-refractivity contribution in [2.75, 3.05) is 25.9 Å². The molecule has 5 rings (SSSR count). The number of aliphatic hydroxyl groups excluding tert-OH is 1. The first-order valence-corrected chi connectivity index (χ1v) is 12.8. The summed E-state index contributed by atoms with van der Waals surface area (Å²) in [5, 5.41) is 18.2. The summed E-state index contributed by atoms with van der Waals surface area (Å²) in [7, 11) is 1.55. The molecule has 1 aliphatic rings. The lowest BCUT2D eigenvalue weighted by Gasteiger charge is -2.35. The number of aliphatic hydroxyl groups is 1. The molecule has 4 aromatic rings. The van der Waals surface area contributed by atoms with E-state index >= 15 is 0 Å². The maximum atomic E-state index is 13.0. The van der Waals surface area contributed by atoms with Gasteiger partial charge in [0.05, 0.1) is 22.5 Å². The number of aromatic amines is 1. The number of nitrogens with zero attached hydrogens (tertiary/aromatic N) is 3. The number of nitrogens with two attached hydrogens (primary N) is 1. The standard InChI is InChI=1S/C27H27Cl2N5O4/c1-3-23(35)33-10-4-5-16(13-33)34-14-18(24-25(34)27(36)32-31-26(24)30)15-6-9-21(22(11-15)37-2)38-17-7-8-19(28)20(29)12-17/h3,6-9,11-12,14,16,23,35H,1,4-5,10,13H2,2H3,(H2,30,31)(H,32,36)/t16-,23?/m1/s1. The maximum absolute atomic E-state index is 13.0. The maximum Gasteiger partial charge on any atom is 0.288 e. The van der Waals surface area contributed by atoms with Crippen LogP contribution in [0.5, 0.6) is 17.2 Å². The molecular weight excluding hydrogens is 529 g/mol. The van der Waals surface area contributed by atoms with Crippen molar-refractivity contribution in [3.8, 4) is 28.4 Å². The fourth-order valence-electron chi connectivity index (χ4n) is 4.93. The van der Waals surface area contributed by atoms with E-state index in [0.29, 0.717) is 44.7 Å². The van der Waals surface area contributed by atoms with Gasteiger partial charge in [-0.25, -0.2) is 5.10 Å². The molecule has 2 atom stereocenters. The van der Waals surface area contributed by atoms with E-state index in [9.17, 15) is 9.90 Å². The molecule has 0 aliphatic carbocycles. The fourth-order valence-corrected chi connectivity index (χ4v) is 5.22. The van der Waals surface area contributed by atoms with Crippen molar-refractivity contribution in [3.05, 3.63) is 75.6 Å². The number of benzene rings is 2. The van der Waals surface area contributed by atoms with Crippen molar-refractivity contribution in [1.29, 1.82) is 0 Å². The molecule has 11 heteroatoms. The van der Waals surface area contributed by atoms with Gasteiger partial charge in [-0.1, -0.05) is 35.8 Å². The third kappa shape index (κ3) is 4.86. The van der Waals surface area contributed by atoms with Gasteiger partial charge in [0.2, 0.25) is 0 Å². The first kappa shape index (κ1) is 26.1. The van der Waals surface area contributed by atoms with Crippen molar-refractivity contribution in [2.45, 2.75) is 25.1 Å². The number of nitrogens with one attached hydrogen (secondary N) is 1. The molecule has 1 unspecified atom stereocenters. The molecule has 1 saturated heterocycles. The largest absolute Gasteiger partial charge is 0.493 e. The summed E-state index contributed by atoms with van der Waals surface area (Å²) in [4.78, 5) is 14.9. The fraction of sp³-hybridized carbons (Fsp3) is 0.259. The van der Waals surface area contributed by atoms with Gasteiger partial charge < -0.3 is 24.9 Å². The minimum Gasteiger partial charge on any atom is -0.493 e. The Balaban J connectivity index is 1.58. The van der Waals surface area contributed by atoms with Gasteiger partial charge in [0.25, 0.3) is 5.56 Å². The van der Waals surface area contributed by atoms with Crippen molar-refractivity contribution < 1.29 is 14.6 Å². The number of hydrogen-bond acceptors (Lipinski definition) is 7. The number of aromatic nitrogens is 3. The summed E-state index contributed by atoms with van der Waals surface area (Å²) < 4.78 is 13.6. The van der Waals surface area contributed by atoms with E-state index in [1.54, 1.807) is 31.4 Å². The van der Waals surface area contributed by atoms with Gasteiger partial charge in [0.15, 0.2) is 17.3 Å². The van der Waals surface area contributed by atoms with Gasteiger partial charge in [-0.05, 0) is 48.7 Å². The number of hydrogen-bond donors (Lipinski definition) is 3. The van der Waals surface area contributed by atoms with Crippen LogP contribution in [0, 0.1) is 0 Å². The molecule has 1 aliphatic heterocycles. The van der Waals surface area contributed by atoms with Crippen LogP contribution in [0.3, 0.4) is 0 Å². The van der Waals surface area contributed by atoms with Crippen LogP contribution in [0.2, 0.25) is 10.0 Å². The van der Waals surface area contributed by atoms with Gasteiger partial charge in [0, 0.05) is 37.0 Å². The van der Waals surface area contributed by atoms with Gasteiger partial charge in [-0.3, -0.25) is 9.69 Å². The Kier molecular flexibility index (Phi) is 7.36. The second-order valence-electron chi connectivity index (χ2n) is 9.10. The highest BCUT2D eigenvalue weighted by atomic mass is 35.5. The number of H-pyrrole nitrogens is 1. The number of methoxy groups -OCH3 is 1. The van der Waals surface area contributed by atoms with Crippen LogP contribution in [0.1, 0.15) is 18.9 Å². The molecule has 2 aromatic heterocycles. The van der Waals surface area contributed by atoms with E-state index in [-0.39, 0.29) is 17.4 Å². The minimum atomic E-state index is -0.753. The van der Waals surface area contributed by atoms with Crippen LogP contribution in [-0.4, -0.2) is 51.2 Å². The monoisotopic (exact) mass is 555 g/mol. The summed E-state index contributed by atoms with van der Waals surface area (Å²) in [6, 6.07) is 10.4. The highest BCUT2D eigenvalue weighted by molar-refractivity contribution is 6.42. The Hall–Kier alpha value is -3.50. The summed E-state index contributed by atoms with van der Waals surface area (Å²) in [5.74, 6) is 1.67. The first-order valence-electron chi connectivity index (χ1n) is 12.1. The molecule has 38 heavy (non-hydrogen) atoms. The van der Waals surface area contributed by atoms with Crippen molar-refractivity contribution in [3.63, 3.8) is 0 Å². The molecule has 0 radical (unpaired) electrons. The number of likely N-dealkylation sites (tertiary alicyclic amines) is 1. The van der Waals surface area contributed by atoms with E-state index in [1.807, 2.05) is 27.8 Å². The number of piperidine rings is 1. The average Bonchev–Trinajstić information content (AvgIpc) is 3.35. The van der Waals surface area contributed by atoms with E-state index < -0.39 is 6.23 Å². The van der Waals surface area contributed by atoms with Crippen LogP contribution >= 0.6 is 23.2 Å². The Morgan fingerprint density at radius 2 is 2.05 bits per heavy atom. The smallest absolute Gasteiger partial charge is 0.288 e. The van der Waals surface area contributed by atoms with Crippen LogP contribution in [-0.2, 0) is 0 Å². The number of nitrogen functional groups attached to an aromatic ring is 1. The second-order valence-corrected chi connectivity index (χ2v) is 9.91. The summed E-state index contributed by atoms with van der Waals surface area (Å²) >= 11 is 12.1. The van der Waals surface area contributed by atoms with Gasteiger partial charge in [-0.15, -0.1) is 0 Å². The molecule has 0 saturated carbocycles. The normalized spacial score (nSPS) is 16.9. The molecule has 0 bridgehead atoms. The first-order chi connectivity index (χ1) is 18.3. The van der Waals surface area contributed by atoms with Gasteiger partial charge in [0.1, 0.15) is 17.5 Å². The quantitative estimate of drug-likeness (QED) is 0.267. The molecular formula is C27H27Cl2N5O4. The van der Waals surface area contributed by atoms with E-state index in [2.05, 4.69) is 16.8 Å². The topological polar surface area (TPSA) is 119 Å². The highest BCUT2D eigenvalue weighted by Crippen LogP contribution is 2.41. The van der Waals surface area contributed by atoms with Crippen molar-refractivity contribution in [2.24, 2.45) is 0 Å². The van der Waals surface area contributed by atoms with Crippen LogP contribution in [0.4, 0.5) is 5.82 Å². The summed E-state index contributed by atoms with van der Waals surface area (Å²) in [6.45, 7) is 4.99. The highest BCUT2D eigenvalue weighted by Gasteiger charge is 2.28. The zero-order valence-corrected chi connectivity index (χ0v) is 22.2. The molecule has 4 N–H and O–H groups in total. The number of anilines is 1. The van der Waals surface area contributed by atoms with Crippen molar-refractivity contribution >= 4 is 39.9 Å². The third-order valence-electron chi connectivity index (χ3n) is 6.78. The van der Waals surface area contributed by atoms with E-state index in [0.717, 1.165) is 30.5 Å². The summed E-state index contributed by atoms with van der Waals surface area (Å²) in [6.07, 6.45) is 4.37. The predicted octanol–water partition coefficient (Wildman–Crippen LogP) is 5.22. The Bertz CT molecular complexity index is 1570. The third-order valence-corrected chi connectivity index (χ3v) is 7.52. The SMILES string of the molecule is C=CC(O)N1CCC[C@@H](n2cc(-c3ccc(Oc4ccc(Cl)c(Cl)c4)c(OC)c3)c3c(N)n[nH]c(=O)c32)C1. The number of fused-ring (bicyclic) bond motifs is 1. The van der Waals surface area contributed by atoms with Crippen molar-refractivity contribution in [1.82, 2.24) is 19.7 Å². The molecule has 0 spiro atoms. The van der Waals surface area contributed by atoms with Crippen LogP contribution < -0.4 is 20.8 Å². The van der Waals surface area contributed by atoms with Crippen LogP contribution in [0.15, 0.2) is 60.0 Å². The van der Waals surface area contributed by atoms with Gasteiger partial charge in [-0.2, -0.15) is 5.10 Å².